The molecule has 0 radical (unpaired) electrons. The van der Waals surface area contributed by atoms with E-state index in [2.05, 4.69) is 9.98 Å². The molecule has 0 fully saturated rings. The molecule has 7 nitrogen and oxygen atoms in total. The van der Waals surface area contributed by atoms with Crippen molar-refractivity contribution in [3.63, 3.8) is 0 Å². The van der Waals surface area contributed by atoms with Crippen molar-refractivity contribution in [3.8, 4) is 5.75 Å². The Labute approximate surface area is 175 Å². The molecule has 0 spiro atoms. The normalized spacial score (nSPS) is 17.8. The lowest BCUT2D eigenvalue weighted by Gasteiger charge is -2.36. The van der Waals surface area contributed by atoms with Crippen molar-refractivity contribution in [3.05, 3.63) is 59.2 Å². The number of nitrogens with zero attached hydrogens (tertiary/aromatic N) is 2. The summed E-state index contributed by atoms with van der Waals surface area (Å²) in [7, 11) is -3.74. The van der Waals surface area contributed by atoms with Crippen molar-refractivity contribution >= 4 is 27.4 Å². The molecule has 2 aromatic carbocycles. The molecule has 0 saturated heterocycles. The van der Waals surface area contributed by atoms with Gasteiger partial charge in [0.15, 0.2) is 11.6 Å². The number of Topliss-reactive ketones (excluding diaryl/α,β-unsaturated/α-hetero) is 1. The maximum absolute atomic E-state index is 12.8. The summed E-state index contributed by atoms with van der Waals surface area (Å²) in [5, 5.41) is 5.14. The van der Waals surface area contributed by atoms with Crippen LogP contribution in [0.1, 0.15) is 54.6 Å². The Hall–Kier alpha value is -2.84. The second kappa shape index (κ2) is 7.45. The van der Waals surface area contributed by atoms with Gasteiger partial charge in [-0.1, -0.05) is 13.8 Å². The third kappa shape index (κ3) is 3.68. The minimum Gasteiger partial charge on any atom is -0.486 e. The predicted molar refractivity (Wildman–Crippen MR) is 115 cm³/mol. The van der Waals surface area contributed by atoms with Gasteiger partial charge in [-0.2, -0.15) is 0 Å². The fourth-order valence-electron chi connectivity index (χ4n) is 3.77. The Morgan fingerprint density at radius 1 is 1.07 bits per heavy atom. The van der Waals surface area contributed by atoms with Crippen molar-refractivity contribution in [2.45, 2.75) is 43.6 Å². The van der Waals surface area contributed by atoms with E-state index in [0.717, 1.165) is 24.1 Å². The Morgan fingerprint density at radius 2 is 1.73 bits per heavy atom. The van der Waals surface area contributed by atoms with Crippen LogP contribution >= 0.6 is 0 Å². The van der Waals surface area contributed by atoms with Gasteiger partial charge in [-0.25, -0.2) is 18.5 Å². The number of benzene rings is 2. The van der Waals surface area contributed by atoms with Crippen LogP contribution in [0.3, 0.4) is 0 Å². The number of primary sulfonamides is 1. The quantitative estimate of drug-likeness (QED) is 0.793. The number of rotatable bonds is 5. The van der Waals surface area contributed by atoms with Gasteiger partial charge in [-0.3, -0.25) is 9.79 Å². The molecular weight excluding hydrogens is 402 g/mol. The highest BCUT2D eigenvalue weighted by Gasteiger charge is 2.37. The zero-order valence-electron chi connectivity index (χ0n) is 16.9. The van der Waals surface area contributed by atoms with Crippen molar-refractivity contribution in [2.75, 3.05) is 6.54 Å². The molecule has 8 heteroatoms. The average molecular weight is 426 g/mol. The molecule has 30 heavy (non-hydrogen) atoms. The first-order chi connectivity index (χ1) is 14.2. The van der Waals surface area contributed by atoms with E-state index in [0.29, 0.717) is 35.7 Å². The van der Waals surface area contributed by atoms with Crippen LogP contribution in [0.25, 0.3) is 0 Å². The van der Waals surface area contributed by atoms with E-state index in [1.165, 1.54) is 12.1 Å². The number of amidine groups is 1. The van der Waals surface area contributed by atoms with Crippen LogP contribution in [0.15, 0.2) is 57.3 Å². The first kappa shape index (κ1) is 20.4. The highest BCUT2D eigenvalue weighted by Crippen LogP contribution is 2.37. The Kier molecular flexibility index (Phi) is 5.07. The van der Waals surface area contributed by atoms with Crippen molar-refractivity contribution < 1.29 is 17.9 Å². The molecule has 2 aliphatic heterocycles. The number of carbonyl (C=O) groups is 1. The molecule has 4 rings (SSSR count). The largest absolute Gasteiger partial charge is 0.486 e. The Morgan fingerprint density at radius 3 is 2.37 bits per heavy atom. The van der Waals surface area contributed by atoms with Crippen LogP contribution < -0.4 is 9.88 Å². The minimum atomic E-state index is -3.74. The van der Waals surface area contributed by atoms with Gasteiger partial charge in [0.2, 0.25) is 10.0 Å². The van der Waals surface area contributed by atoms with Gasteiger partial charge in [0.25, 0.3) is 0 Å². The molecule has 2 aromatic rings. The average Bonchev–Trinajstić information content (AvgIpc) is 3.23. The van der Waals surface area contributed by atoms with E-state index >= 15 is 0 Å². The standard InChI is InChI=1S/C22H23N3O4S/c1-3-22(4-2)12-19(26)17-11-15(7-10-20(17)29-22)18-13-24-21(25-18)14-5-8-16(9-6-14)30(23,27)28/h5-11H,3-4,12-13H2,1-2H3,(H2,23,27,28). The summed E-state index contributed by atoms with van der Waals surface area (Å²) in [6.45, 7) is 4.46. The molecule has 0 atom stereocenters. The molecule has 0 amide bonds. The van der Waals surface area contributed by atoms with E-state index < -0.39 is 15.6 Å². The van der Waals surface area contributed by atoms with E-state index in [1.54, 1.807) is 12.1 Å². The summed E-state index contributed by atoms with van der Waals surface area (Å²) in [5.41, 5.74) is 2.44. The monoisotopic (exact) mass is 425 g/mol. The molecular formula is C22H23N3O4S. The third-order valence-electron chi connectivity index (χ3n) is 5.77. The molecule has 0 saturated carbocycles. The van der Waals surface area contributed by atoms with Crippen molar-refractivity contribution in [1.29, 1.82) is 0 Å². The van der Waals surface area contributed by atoms with Gasteiger partial charge in [0.1, 0.15) is 11.4 Å². The van der Waals surface area contributed by atoms with Crippen molar-refractivity contribution in [2.24, 2.45) is 15.1 Å². The van der Waals surface area contributed by atoms with Gasteiger partial charge < -0.3 is 4.74 Å². The topological polar surface area (TPSA) is 111 Å². The first-order valence-electron chi connectivity index (χ1n) is 9.86. The SMILES string of the molecule is CCC1(CC)CC(=O)c2cc(C3=NC(c4ccc(S(N)(=O)=O)cc4)=NC3)ccc2O1. The zero-order valence-corrected chi connectivity index (χ0v) is 17.7. The molecule has 0 unspecified atom stereocenters. The van der Waals surface area contributed by atoms with E-state index in [1.807, 2.05) is 32.0 Å². The summed E-state index contributed by atoms with van der Waals surface area (Å²) in [6, 6.07) is 11.7. The first-order valence-corrected chi connectivity index (χ1v) is 11.4. The molecule has 2 N–H and O–H groups in total. The molecule has 156 valence electrons. The van der Waals surface area contributed by atoms with Crippen LogP contribution in [0.5, 0.6) is 5.75 Å². The van der Waals surface area contributed by atoms with Crippen LogP contribution in [0.2, 0.25) is 0 Å². The number of hydrogen-bond acceptors (Lipinski definition) is 6. The van der Waals surface area contributed by atoms with Gasteiger partial charge in [0.05, 0.1) is 29.1 Å². The smallest absolute Gasteiger partial charge is 0.238 e. The lowest BCUT2D eigenvalue weighted by Crippen LogP contribution is -2.41. The fourth-order valence-corrected chi connectivity index (χ4v) is 4.29. The number of sulfonamides is 1. The fraction of sp³-hybridized carbons (Fsp3) is 0.318. The molecule has 0 aliphatic carbocycles. The zero-order chi connectivity index (χ0) is 21.5. The number of carbonyl (C=O) groups excluding carboxylic acids is 1. The highest BCUT2D eigenvalue weighted by molar-refractivity contribution is 7.89. The third-order valence-corrected chi connectivity index (χ3v) is 6.70. The molecule has 0 aromatic heterocycles. The number of aliphatic imine (C=N–C) groups is 2. The number of nitrogens with two attached hydrogens (primary N) is 1. The summed E-state index contributed by atoms with van der Waals surface area (Å²) >= 11 is 0. The lowest BCUT2D eigenvalue weighted by atomic mass is 9.85. The number of ketones is 1. The Balaban J connectivity index is 1.60. The molecule has 2 heterocycles. The summed E-state index contributed by atoms with van der Waals surface area (Å²) in [5.74, 6) is 1.22. The number of hydrogen-bond donors (Lipinski definition) is 1. The summed E-state index contributed by atoms with van der Waals surface area (Å²) in [6.07, 6.45) is 1.94. The predicted octanol–water partition coefficient (Wildman–Crippen LogP) is 3.11. The van der Waals surface area contributed by atoms with Gasteiger partial charge in [-0.05, 0) is 60.9 Å². The minimum absolute atomic E-state index is 0.0393. The van der Waals surface area contributed by atoms with E-state index in [4.69, 9.17) is 9.88 Å². The van der Waals surface area contributed by atoms with Crippen molar-refractivity contribution in [1.82, 2.24) is 0 Å². The molecule has 0 bridgehead atoms. The lowest BCUT2D eigenvalue weighted by molar-refractivity contribution is 0.0350. The summed E-state index contributed by atoms with van der Waals surface area (Å²) < 4.78 is 29.0. The van der Waals surface area contributed by atoms with Gasteiger partial charge in [-0.15, -0.1) is 0 Å². The maximum atomic E-state index is 12.8. The highest BCUT2D eigenvalue weighted by atomic mass is 32.2. The van der Waals surface area contributed by atoms with Crippen LogP contribution in [-0.4, -0.2) is 37.9 Å². The van der Waals surface area contributed by atoms with Crippen LogP contribution in [0.4, 0.5) is 0 Å². The van der Waals surface area contributed by atoms with E-state index in [9.17, 15) is 13.2 Å². The van der Waals surface area contributed by atoms with Crippen LogP contribution in [-0.2, 0) is 10.0 Å². The van der Waals surface area contributed by atoms with Crippen LogP contribution in [0, 0.1) is 0 Å². The molecule has 2 aliphatic rings. The Bertz CT molecular complexity index is 1180. The number of ether oxygens (including phenoxy) is 1. The second-order valence-electron chi connectivity index (χ2n) is 7.57. The summed E-state index contributed by atoms with van der Waals surface area (Å²) in [4.78, 5) is 21.9. The maximum Gasteiger partial charge on any atom is 0.238 e. The van der Waals surface area contributed by atoms with Gasteiger partial charge in [0, 0.05) is 5.56 Å². The number of fused-ring (bicyclic) bond motifs is 1. The van der Waals surface area contributed by atoms with Gasteiger partial charge >= 0.3 is 0 Å². The second-order valence-corrected chi connectivity index (χ2v) is 9.13. The van der Waals surface area contributed by atoms with E-state index in [-0.39, 0.29) is 10.7 Å².